The molecule has 1 heterocycles. The number of carboxylic acid groups (broad SMARTS) is 1. The van der Waals surface area contributed by atoms with E-state index in [1.54, 1.807) is 13.0 Å². The number of aromatic carboxylic acids is 1. The maximum absolute atomic E-state index is 10.8. The van der Waals surface area contributed by atoms with E-state index in [0.29, 0.717) is 18.1 Å². The van der Waals surface area contributed by atoms with E-state index in [-0.39, 0.29) is 5.56 Å². The first-order chi connectivity index (χ1) is 8.15. The lowest BCUT2D eigenvalue weighted by atomic mass is 10.2. The maximum Gasteiger partial charge on any atom is 0.339 e. The van der Waals surface area contributed by atoms with Crippen molar-refractivity contribution in [2.45, 2.75) is 26.8 Å². The Kier molecular flexibility index (Phi) is 5.72. The predicted octanol–water partition coefficient (Wildman–Crippen LogP) is 1.80. The third-order valence-corrected chi connectivity index (χ3v) is 2.34. The van der Waals surface area contributed by atoms with E-state index in [2.05, 4.69) is 5.32 Å². The Morgan fingerprint density at radius 1 is 1.59 bits per heavy atom. The molecule has 2 N–H and O–H groups in total. The summed E-state index contributed by atoms with van der Waals surface area (Å²) in [6.45, 7) is 6.46. The van der Waals surface area contributed by atoms with Gasteiger partial charge in [-0.25, -0.2) is 4.79 Å². The van der Waals surface area contributed by atoms with Gasteiger partial charge in [0.2, 0.25) is 0 Å². The molecular weight excluding hydrogens is 222 g/mol. The molecule has 1 aromatic heterocycles. The van der Waals surface area contributed by atoms with Crippen LogP contribution < -0.4 is 5.32 Å². The van der Waals surface area contributed by atoms with Crippen LogP contribution in [-0.4, -0.2) is 30.8 Å². The van der Waals surface area contributed by atoms with Gasteiger partial charge in [-0.05, 0) is 32.9 Å². The van der Waals surface area contributed by atoms with Crippen LogP contribution in [0, 0.1) is 6.92 Å². The molecule has 0 aliphatic carbocycles. The largest absolute Gasteiger partial charge is 0.478 e. The minimum atomic E-state index is -0.950. The lowest BCUT2D eigenvalue weighted by Crippen LogP contribution is -2.16. The Morgan fingerprint density at radius 2 is 2.35 bits per heavy atom. The zero-order valence-electron chi connectivity index (χ0n) is 10.3. The van der Waals surface area contributed by atoms with Crippen molar-refractivity contribution in [1.29, 1.82) is 0 Å². The lowest BCUT2D eigenvalue weighted by Gasteiger charge is -2.02. The Balaban J connectivity index is 2.27. The molecule has 96 valence electrons. The number of furan rings is 1. The molecule has 5 heteroatoms. The van der Waals surface area contributed by atoms with E-state index in [1.165, 1.54) is 0 Å². The van der Waals surface area contributed by atoms with Crippen molar-refractivity contribution in [2.75, 3.05) is 19.8 Å². The third kappa shape index (κ3) is 4.58. The fourth-order valence-electron chi connectivity index (χ4n) is 1.50. The number of ether oxygens (including phenoxy) is 1. The number of carbonyl (C=O) groups is 1. The van der Waals surface area contributed by atoms with Crippen LogP contribution >= 0.6 is 0 Å². The molecule has 0 radical (unpaired) electrons. The van der Waals surface area contributed by atoms with Crippen molar-refractivity contribution in [3.63, 3.8) is 0 Å². The summed E-state index contributed by atoms with van der Waals surface area (Å²) in [6, 6.07) is 1.56. The van der Waals surface area contributed by atoms with Gasteiger partial charge in [0.25, 0.3) is 0 Å². The van der Waals surface area contributed by atoms with E-state index >= 15 is 0 Å². The summed E-state index contributed by atoms with van der Waals surface area (Å²) in [6.07, 6.45) is 0.930. The van der Waals surface area contributed by atoms with Crippen molar-refractivity contribution in [3.8, 4) is 0 Å². The molecule has 5 nitrogen and oxygen atoms in total. The third-order valence-electron chi connectivity index (χ3n) is 2.34. The Bertz CT molecular complexity index is 359. The highest BCUT2D eigenvalue weighted by Crippen LogP contribution is 2.14. The second kappa shape index (κ2) is 7.09. The van der Waals surface area contributed by atoms with E-state index in [1.807, 2.05) is 6.92 Å². The molecule has 1 rings (SSSR count). The molecule has 0 aliphatic heterocycles. The molecular formula is C12H19NO4. The van der Waals surface area contributed by atoms with Crippen LogP contribution in [0.2, 0.25) is 0 Å². The first-order valence-electron chi connectivity index (χ1n) is 5.76. The van der Waals surface area contributed by atoms with Crippen molar-refractivity contribution >= 4 is 5.97 Å². The van der Waals surface area contributed by atoms with Crippen LogP contribution in [0.4, 0.5) is 0 Å². The fourth-order valence-corrected chi connectivity index (χ4v) is 1.50. The molecule has 0 saturated heterocycles. The molecule has 0 bridgehead atoms. The number of nitrogens with one attached hydrogen (secondary N) is 1. The van der Waals surface area contributed by atoms with Crippen LogP contribution in [0.5, 0.6) is 0 Å². The smallest absolute Gasteiger partial charge is 0.339 e. The van der Waals surface area contributed by atoms with Gasteiger partial charge in [0.15, 0.2) is 0 Å². The molecule has 0 amide bonds. The monoisotopic (exact) mass is 241 g/mol. The standard InChI is InChI=1S/C12H19NO4/c1-3-16-6-4-5-13-8-10-7-11(12(14)15)9(2)17-10/h7,13H,3-6,8H2,1-2H3,(H,14,15). The van der Waals surface area contributed by atoms with Crippen molar-refractivity contribution < 1.29 is 19.1 Å². The quantitative estimate of drug-likeness (QED) is 0.679. The van der Waals surface area contributed by atoms with Gasteiger partial charge in [0, 0.05) is 13.2 Å². The van der Waals surface area contributed by atoms with Crippen LogP contribution in [0.3, 0.4) is 0 Å². The lowest BCUT2D eigenvalue weighted by molar-refractivity contribution is 0.0695. The first kappa shape index (κ1) is 13.7. The summed E-state index contributed by atoms with van der Waals surface area (Å²) in [5.74, 6) is 0.147. The zero-order valence-corrected chi connectivity index (χ0v) is 10.3. The van der Waals surface area contributed by atoms with E-state index in [4.69, 9.17) is 14.3 Å². The van der Waals surface area contributed by atoms with Crippen LogP contribution in [0.15, 0.2) is 10.5 Å². The summed E-state index contributed by atoms with van der Waals surface area (Å²) >= 11 is 0. The Morgan fingerprint density at radius 3 is 2.94 bits per heavy atom. The Labute approximate surface area is 101 Å². The second-order valence-corrected chi connectivity index (χ2v) is 3.71. The number of hydrogen-bond donors (Lipinski definition) is 2. The minimum absolute atomic E-state index is 0.233. The van der Waals surface area contributed by atoms with Gasteiger partial charge in [-0.1, -0.05) is 0 Å². The molecule has 0 aliphatic rings. The van der Waals surface area contributed by atoms with Crippen molar-refractivity contribution in [3.05, 3.63) is 23.2 Å². The highest BCUT2D eigenvalue weighted by atomic mass is 16.5. The topological polar surface area (TPSA) is 71.7 Å². The summed E-state index contributed by atoms with van der Waals surface area (Å²) in [7, 11) is 0. The molecule has 1 aromatic rings. The molecule has 0 saturated carbocycles. The van der Waals surface area contributed by atoms with E-state index in [9.17, 15) is 4.79 Å². The molecule has 0 spiro atoms. The molecule has 0 fully saturated rings. The van der Waals surface area contributed by atoms with Gasteiger partial charge in [-0.15, -0.1) is 0 Å². The van der Waals surface area contributed by atoms with Gasteiger partial charge < -0.3 is 19.6 Å². The van der Waals surface area contributed by atoms with Gasteiger partial charge in [-0.2, -0.15) is 0 Å². The van der Waals surface area contributed by atoms with Crippen LogP contribution in [0.1, 0.15) is 35.2 Å². The maximum atomic E-state index is 10.8. The van der Waals surface area contributed by atoms with Gasteiger partial charge >= 0.3 is 5.97 Å². The highest BCUT2D eigenvalue weighted by Gasteiger charge is 2.12. The normalized spacial score (nSPS) is 10.7. The predicted molar refractivity (Wildman–Crippen MR) is 63.2 cm³/mol. The number of aryl methyl sites for hydroxylation is 1. The van der Waals surface area contributed by atoms with Crippen molar-refractivity contribution in [2.24, 2.45) is 0 Å². The van der Waals surface area contributed by atoms with Crippen molar-refractivity contribution in [1.82, 2.24) is 5.32 Å². The SMILES string of the molecule is CCOCCCNCc1cc(C(=O)O)c(C)o1. The van der Waals surface area contributed by atoms with Gasteiger partial charge in [-0.3, -0.25) is 0 Å². The Hall–Kier alpha value is -1.33. The number of hydrogen-bond acceptors (Lipinski definition) is 4. The highest BCUT2D eigenvalue weighted by molar-refractivity contribution is 5.88. The van der Waals surface area contributed by atoms with Crippen LogP contribution in [0.25, 0.3) is 0 Å². The second-order valence-electron chi connectivity index (χ2n) is 3.71. The summed E-state index contributed by atoms with van der Waals surface area (Å²) in [4.78, 5) is 10.8. The molecule has 0 atom stereocenters. The average Bonchev–Trinajstić information content (AvgIpc) is 2.65. The summed E-state index contributed by atoms with van der Waals surface area (Å²) in [5, 5.41) is 12.0. The van der Waals surface area contributed by atoms with Gasteiger partial charge in [0.1, 0.15) is 17.1 Å². The minimum Gasteiger partial charge on any atom is -0.478 e. The number of carboxylic acids is 1. The van der Waals surface area contributed by atoms with Gasteiger partial charge in [0.05, 0.1) is 6.54 Å². The fraction of sp³-hybridized carbons (Fsp3) is 0.583. The summed E-state index contributed by atoms with van der Waals surface area (Å²) < 4.78 is 10.5. The van der Waals surface area contributed by atoms with Crippen LogP contribution in [-0.2, 0) is 11.3 Å². The summed E-state index contributed by atoms with van der Waals surface area (Å²) in [5.41, 5.74) is 0.233. The molecule has 17 heavy (non-hydrogen) atoms. The first-order valence-corrected chi connectivity index (χ1v) is 5.76. The number of rotatable bonds is 8. The van der Waals surface area contributed by atoms with E-state index < -0.39 is 5.97 Å². The molecule has 0 unspecified atom stereocenters. The van der Waals surface area contributed by atoms with E-state index in [0.717, 1.165) is 26.2 Å². The molecule has 0 aromatic carbocycles. The zero-order chi connectivity index (χ0) is 12.7. The average molecular weight is 241 g/mol.